The monoisotopic (exact) mass is 197 g/mol. The third-order valence-electron chi connectivity index (χ3n) is 3.23. The van der Waals surface area contributed by atoms with Crippen molar-refractivity contribution in [3.8, 4) is 0 Å². The molecule has 3 heteroatoms. The van der Waals surface area contributed by atoms with Gasteiger partial charge in [0.1, 0.15) is 5.60 Å². The highest BCUT2D eigenvalue weighted by Crippen LogP contribution is 2.60. The Morgan fingerprint density at radius 1 is 1.43 bits per heavy atom. The van der Waals surface area contributed by atoms with Crippen LogP contribution in [0.2, 0.25) is 0 Å². The smallest absolute Gasteiger partial charge is 0.407 e. The van der Waals surface area contributed by atoms with Crippen molar-refractivity contribution < 1.29 is 9.53 Å². The van der Waals surface area contributed by atoms with E-state index in [-0.39, 0.29) is 11.7 Å². The van der Waals surface area contributed by atoms with Crippen molar-refractivity contribution in [2.24, 2.45) is 5.41 Å². The molecule has 0 aromatic carbocycles. The van der Waals surface area contributed by atoms with Crippen LogP contribution in [0.4, 0.5) is 4.79 Å². The van der Waals surface area contributed by atoms with Gasteiger partial charge in [0.15, 0.2) is 0 Å². The van der Waals surface area contributed by atoms with E-state index in [1.807, 2.05) is 20.8 Å². The summed E-state index contributed by atoms with van der Waals surface area (Å²) in [5.41, 5.74) is 0.0999. The second-order valence-electron chi connectivity index (χ2n) is 5.62. The molecule has 0 unspecified atom stereocenters. The Morgan fingerprint density at radius 3 is 2.43 bits per heavy atom. The summed E-state index contributed by atoms with van der Waals surface area (Å²) in [6, 6.07) is 0.395. The molecular weight excluding hydrogens is 178 g/mol. The fourth-order valence-corrected chi connectivity index (χ4v) is 2.19. The van der Waals surface area contributed by atoms with Crippen LogP contribution in [0.1, 0.15) is 46.5 Å². The molecule has 14 heavy (non-hydrogen) atoms. The van der Waals surface area contributed by atoms with Gasteiger partial charge in [-0.3, -0.25) is 0 Å². The van der Waals surface area contributed by atoms with Gasteiger partial charge in [-0.05, 0) is 45.4 Å². The van der Waals surface area contributed by atoms with Crippen LogP contribution in [0.15, 0.2) is 0 Å². The molecule has 2 aliphatic rings. The van der Waals surface area contributed by atoms with Crippen molar-refractivity contribution in [3.05, 3.63) is 0 Å². The molecule has 1 spiro atoms. The van der Waals surface area contributed by atoms with Gasteiger partial charge in [-0.25, -0.2) is 4.79 Å². The van der Waals surface area contributed by atoms with E-state index in [2.05, 4.69) is 5.32 Å². The Bertz CT molecular complexity index is 251. The van der Waals surface area contributed by atoms with Crippen LogP contribution >= 0.6 is 0 Å². The number of carbonyl (C=O) groups excluding carboxylic acids is 1. The van der Waals surface area contributed by atoms with Gasteiger partial charge in [-0.1, -0.05) is 6.42 Å². The summed E-state index contributed by atoms with van der Waals surface area (Å²) in [5.74, 6) is 0. The van der Waals surface area contributed by atoms with Crippen molar-refractivity contribution in [2.45, 2.75) is 58.1 Å². The Hall–Kier alpha value is -0.730. The lowest BCUT2D eigenvalue weighted by atomic mass is 9.81. The minimum Gasteiger partial charge on any atom is -0.444 e. The lowest BCUT2D eigenvalue weighted by Gasteiger charge is -2.27. The zero-order chi connectivity index (χ0) is 10.4. The third kappa shape index (κ3) is 1.86. The van der Waals surface area contributed by atoms with E-state index in [4.69, 9.17) is 4.74 Å². The first kappa shape index (κ1) is 9.81. The fraction of sp³-hybridized carbons (Fsp3) is 0.909. The molecule has 2 rings (SSSR count). The second kappa shape index (κ2) is 2.88. The third-order valence-corrected chi connectivity index (χ3v) is 3.23. The molecule has 0 bridgehead atoms. The maximum Gasteiger partial charge on any atom is 0.407 e. The van der Waals surface area contributed by atoms with Crippen molar-refractivity contribution in [1.29, 1.82) is 0 Å². The molecule has 0 heterocycles. The molecule has 0 aliphatic heterocycles. The topological polar surface area (TPSA) is 38.3 Å². The van der Waals surface area contributed by atoms with E-state index in [1.165, 1.54) is 19.3 Å². The van der Waals surface area contributed by atoms with Gasteiger partial charge in [-0.2, -0.15) is 0 Å². The average Bonchev–Trinajstić information content (AvgIpc) is 2.56. The molecule has 80 valence electrons. The minimum atomic E-state index is -0.383. The summed E-state index contributed by atoms with van der Waals surface area (Å²) in [5, 5.41) is 2.94. The molecule has 2 aliphatic carbocycles. The van der Waals surface area contributed by atoms with Gasteiger partial charge < -0.3 is 10.1 Å². The van der Waals surface area contributed by atoms with E-state index in [0.717, 1.165) is 6.42 Å². The molecule has 0 radical (unpaired) electrons. The number of ether oxygens (including phenoxy) is 1. The van der Waals surface area contributed by atoms with Gasteiger partial charge in [-0.15, -0.1) is 0 Å². The molecular formula is C11H19NO2. The molecule has 1 N–H and O–H groups in total. The molecule has 0 saturated heterocycles. The lowest BCUT2D eigenvalue weighted by molar-refractivity contribution is 0.0508. The number of alkyl carbamates (subject to hydrolysis) is 1. The van der Waals surface area contributed by atoms with Crippen LogP contribution in [0.25, 0.3) is 0 Å². The maximum absolute atomic E-state index is 11.4. The predicted octanol–water partition coefficient (Wildman–Crippen LogP) is 2.45. The summed E-state index contributed by atoms with van der Waals surface area (Å²) in [6.07, 6.45) is 4.80. The number of carbonyl (C=O) groups is 1. The highest BCUT2D eigenvalue weighted by atomic mass is 16.6. The SMILES string of the molecule is CC(C)(C)OC(=O)N[C@H]1CC12CCC2. The Balaban J connectivity index is 1.74. The molecule has 1 amide bonds. The number of amides is 1. The Morgan fingerprint density at radius 2 is 2.07 bits per heavy atom. The van der Waals surface area contributed by atoms with Crippen LogP contribution in [0, 0.1) is 5.41 Å². The van der Waals surface area contributed by atoms with Crippen LogP contribution in [-0.4, -0.2) is 17.7 Å². The van der Waals surface area contributed by atoms with Gasteiger partial charge in [0.05, 0.1) is 0 Å². The lowest BCUT2D eigenvalue weighted by Crippen LogP contribution is -2.36. The normalized spacial score (nSPS) is 28.1. The fourth-order valence-electron chi connectivity index (χ4n) is 2.19. The first-order valence-electron chi connectivity index (χ1n) is 5.41. The van der Waals surface area contributed by atoms with Crippen LogP contribution in [-0.2, 0) is 4.74 Å². The summed E-state index contributed by atoms with van der Waals surface area (Å²) in [4.78, 5) is 11.4. The average molecular weight is 197 g/mol. The van der Waals surface area contributed by atoms with Crippen molar-refractivity contribution in [3.63, 3.8) is 0 Å². The highest BCUT2D eigenvalue weighted by Gasteiger charge is 2.58. The minimum absolute atomic E-state index is 0.258. The van der Waals surface area contributed by atoms with E-state index in [9.17, 15) is 4.79 Å². The summed E-state index contributed by atoms with van der Waals surface area (Å²) >= 11 is 0. The second-order valence-corrected chi connectivity index (χ2v) is 5.62. The van der Waals surface area contributed by atoms with Crippen molar-refractivity contribution in [1.82, 2.24) is 5.32 Å². The van der Waals surface area contributed by atoms with Gasteiger partial charge in [0, 0.05) is 6.04 Å². The molecule has 2 saturated carbocycles. The van der Waals surface area contributed by atoms with E-state index in [1.54, 1.807) is 0 Å². The molecule has 2 fully saturated rings. The van der Waals surface area contributed by atoms with Crippen molar-refractivity contribution in [2.75, 3.05) is 0 Å². The number of hydrogen-bond acceptors (Lipinski definition) is 2. The van der Waals surface area contributed by atoms with Crippen LogP contribution in [0.3, 0.4) is 0 Å². The van der Waals surface area contributed by atoms with E-state index >= 15 is 0 Å². The van der Waals surface area contributed by atoms with Crippen LogP contribution in [0.5, 0.6) is 0 Å². The first-order valence-corrected chi connectivity index (χ1v) is 5.41. The van der Waals surface area contributed by atoms with Crippen LogP contribution < -0.4 is 5.32 Å². The van der Waals surface area contributed by atoms with Gasteiger partial charge in [0.25, 0.3) is 0 Å². The molecule has 0 aromatic rings. The zero-order valence-electron chi connectivity index (χ0n) is 9.22. The number of rotatable bonds is 1. The number of hydrogen-bond donors (Lipinski definition) is 1. The van der Waals surface area contributed by atoms with E-state index in [0.29, 0.717) is 11.5 Å². The largest absolute Gasteiger partial charge is 0.444 e. The van der Waals surface area contributed by atoms with Gasteiger partial charge in [0.2, 0.25) is 0 Å². The molecule has 1 atom stereocenters. The van der Waals surface area contributed by atoms with Crippen molar-refractivity contribution >= 4 is 6.09 Å². The van der Waals surface area contributed by atoms with Gasteiger partial charge >= 0.3 is 6.09 Å². The molecule has 3 nitrogen and oxygen atoms in total. The summed E-state index contributed by atoms with van der Waals surface area (Å²) in [7, 11) is 0. The molecule has 0 aromatic heterocycles. The quantitative estimate of drug-likeness (QED) is 0.701. The number of nitrogens with one attached hydrogen (secondary N) is 1. The Kier molecular flexibility index (Phi) is 2.02. The summed E-state index contributed by atoms with van der Waals surface area (Å²) < 4.78 is 5.20. The first-order chi connectivity index (χ1) is 6.41. The zero-order valence-corrected chi connectivity index (χ0v) is 9.22. The van der Waals surface area contributed by atoms with E-state index < -0.39 is 0 Å². The Labute approximate surface area is 85.2 Å². The highest BCUT2D eigenvalue weighted by molar-refractivity contribution is 5.69. The predicted molar refractivity (Wildman–Crippen MR) is 54.1 cm³/mol. The standard InChI is InChI=1S/C11H19NO2/c1-10(2,3)14-9(13)12-8-7-11(8)5-4-6-11/h8H,4-7H2,1-3H3,(H,12,13)/t8-/m0/s1. The maximum atomic E-state index is 11.4. The summed E-state index contributed by atoms with van der Waals surface area (Å²) in [6.45, 7) is 5.66.